The summed E-state index contributed by atoms with van der Waals surface area (Å²) >= 11 is 8.38. The fourth-order valence-electron chi connectivity index (χ4n) is 1.58. The molecule has 0 radical (unpaired) electrons. The van der Waals surface area contributed by atoms with Gasteiger partial charge in [0.15, 0.2) is 0 Å². The van der Waals surface area contributed by atoms with Crippen molar-refractivity contribution in [1.29, 1.82) is 0 Å². The second kappa shape index (κ2) is 5.73. The molecule has 0 spiro atoms. The number of hydrogen-bond donors (Lipinski definition) is 1. The Labute approximate surface area is 119 Å². The lowest BCUT2D eigenvalue weighted by molar-refractivity contribution is 0.790. The van der Waals surface area contributed by atoms with E-state index in [0.29, 0.717) is 0 Å². The van der Waals surface area contributed by atoms with Crippen molar-refractivity contribution in [2.45, 2.75) is 6.42 Å². The van der Waals surface area contributed by atoms with Crippen LogP contribution in [0.15, 0.2) is 30.6 Å². The quantitative estimate of drug-likeness (QED) is 0.847. The van der Waals surface area contributed by atoms with Crippen LogP contribution >= 0.6 is 34.2 Å². The van der Waals surface area contributed by atoms with Crippen molar-refractivity contribution in [3.05, 3.63) is 45.0 Å². The second-order valence-corrected chi connectivity index (χ2v) is 5.41. The Morgan fingerprint density at radius 1 is 1.47 bits per heavy atom. The zero-order valence-corrected chi connectivity index (χ0v) is 12.4. The van der Waals surface area contributed by atoms with Crippen LogP contribution in [0.25, 0.3) is 0 Å². The Morgan fingerprint density at radius 3 is 2.94 bits per heavy atom. The predicted molar refractivity (Wildman–Crippen MR) is 79.6 cm³/mol. The molecular formula is C12H13ClIN3. The largest absolute Gasteiger partial charge is 0.383 e. The minimum Gasteiger partial charge on any atom is -0.383 e. The molecule has 1 heterocycles. The van der Waals surface area contributed by atoms with Gasteiger partial charge in [-0.3, -0.25) is 0 Å². The van der Waals surface area contributed by atoms with Crippen LogP contribution in [0.5, 0.6) is 0 Å². The van der Waals surface area contributed by atoms with Gasteiger partial charge in [0.1, 0.15) is 5.82 Å². The zero-order chi connectivity index (χ0) is 12.3. The maximum Gasteiger partial charge on any atom is 0.110 e. The third-order valence-corrected chi connectivity index (χ3v) is 3.50. The molecule has 5 heteroatoms. The maximum atomic E-state index is 6.13. The highest BCUT2D eigenvalue weighted by Crippen LogP contribution is 2.23. The summed E-state index contributed by atoms with van der Waals surface area (Å²) in [6, 6.07) is 5.99. The molecule has 0 bridgehead atoms. The highest BCUT2D eigenvalue weighted by molar-refractivity contribution is 14.1. The highest BCUT2D eigenvalue weighted by atomic mass is 127. The first-order valence-corrected chi connectivity index (χ1v) is 6.77. The molecule has 0 aliphatic heterocycles. The van der Waals surface area contributed by atoms with Crippen molar-refractivity contribution in [2.75, 3.05) is 11.9 Å². The first kappa shape index (κ1) is 12.7. The normalized spacial score (nSPS) is 10.5. The molecule has 2 aromatic rings. The Hall–Kier alpha value is -0.750. The monoisotopic (exact) mass is 361 g/mol. The predicted octanol–water partition coefficient (Wildman–Crippen LogP) is 3.33. The molecule has 0 aliphatic carbocycles. The van der Waals surface area contributed by atoms with Gasteiger partial charge in [0, 0.05) is 36.0 Å². The van der Waals surface area contributed by atoms with Gasteiger partial charge >= 0.3 is 0 Å². The number of rotatable bonds is 4. The Balaban J connectivity index is 1.92. The summed E-state index contributed by atoms with van der Waals surface area (Å²) in [4.78, 5) is 4.27. The van der Waals surface area contributed by atoms with Crippen LogP contribution in [0.4, 0.5) is 5.69 Å². The van der Waals surface area contributed by atoms with Crippen LogP contribution in [-0.4, -0.2) is 16.1 Å². The minimum absolute atomic E-state index is 0.761. The number of halogens is 2. The molecule has 0 saturated carbocycles. The standard InChI is InChI=1S/C12H13ClIN3/c1-17-7-6-16-12(17)4-5-15-11-3-2-9(14)8-10(11)13/h2-3,6-8,15H,4-5H2,1H3. The molecule has 17 heavy (non-hydrogen) atoms. The number of anilines is 1. The summed E-state index contributed by atoms with van der Waals surface area (Å²) in [5, 5.41) is 4.08. The van der Waals surface area contributed by atoms with Crippen molar-refractivity contribution in [1.82, 2.24) is 9.55 Å². The van der Waals surface area contributed by atoms with E-state index in [1.807, 2.05) is 42.2 Å². The summed E-state index contributed by atoms with van der Waals surface area (Å²) in [7, 11) is 2.00. The molecule has 1 aromatic carbocycles. The summed E-state index contributed by atoms with van der Waals surface area (Å²) < 4.78 is 3.17. The number of benzene rings is 1. The molecule has 1 N–H and O–H groups in total. The van der Waals surface area contributed by atoms with Crippen LogP contribution < -0.4 is 5.32 Å². The van der Waals surface area contributed by atoms with Crippen LogP contribution in [0.1, 0.15) is 5.82 Å². The van der Waals surface area contributed by atoms with Gasteiger partial charge in [-0.2, -0.15) is 0 Å². The van der Waals surface area contributed by atoms with Gasteiger partial charge in [-0.25, -0.2) is 4.98 Å². The molecular weight excluding hydrogens is 349 g/mol. The van der Waals surface area contributed by atoms with Crippen molar-refractivity contribution < 1.29 is 0 Å². The number of aryl methyl sites for hydroxylation is 1. The third kappa shape index (κ3) is 3.35. The lowest BCUT2D eigenvalue weighted by Crippen LogP contribution is -2.08. The van der Waals surface area contributed by atoms with Crippen LogP contribution in [0, 0.1) is 3.57 Å². The van der Waals surface area contributed by atoms with Crippen LogP contribution in [-0.2, 0) is 13.5 Å². The summed E-state index contributed by atoms with van der Waals surface area (Å²) in [6.07, 6.45) is 4.65. The number of nitrogens with zero attached hydrogens (tertiary/aromatic N) is 2. The Bertz CT molecular complexity index is 510. The van der Waals surface area contributed by atoms with Gasteiger partial charge in [-0.05, 0) is 40.8 Å². The smallest absolute Gasteiger partial charge is 0.110 e. The fourth-order valence-corrected chi connectivity index (χ4v) is 2.50. The van der Waals surface area contributed by atoms with Crippen molar-refractivity contribution in [2.24, 2.45) is 7.05 Å². The van der Waals surface area contributed by atoms with Gasteiger partial charge in [0.2, 0.25) is 0 Å². The molecule has 0 amide bonds. The van der Waals surface area contributed by atoms with Gasteiger partial charge in [0.25, 0.3) is 0 Å². The fraction of sp³-hybridized carbons (Fsp3) is 0.250. The molecule has 2 rings (SSSR count). The number of imidazole rings is 1. The third-order valence-electron chi connectivity index (χ3n) is 2.52. The average Bonchev–Trinajstić information content (AvgIpc) is 2.68. The average molecular weight is 362 g/mol. The summed E-state index contributed by atoms with van der Waals surface area (Å²) in [6.45, 7) is 0.825. The molecule has 0 aliphatic rings. The molecule has 3 nitrogen and oxygen atoms in total. The first-order valence-electron chi connectivity index (χ1n) is 5.32. The first-order chi connectivity index (χ1) is 8.16. The lowest BCUT2D eigenvalue weighted by Gasteiger charge is -2.08. The van der Waals surface area contributed by atoms with E-state index in [9.17, 15) is 0 Å². The topological polar surface area (TPSA) is 29.9 Å². The molecule has 0 atom stereocenters. The zero-order valence-electron chi connectivity index (χ0n) is 9.45. The maximum absolute atomic E-state index is 6.13. The highest BCUT2D eigenvalue weighted by Gasteiger charge is 2.02. The minimum atomic E-state index is 0.761. The van der Waals surface area contributed by atoms with E-state index in [1.165, 1.54) is 0 Å². The van der Waals surface area contributed by atoms with Gasteiger partial charge in [-0.1, -0.05) is 11.6 Å². The van der Waals surface area contributed by atoms with Crippen molar-refractivity contribution in [3.63, 3.8) is 0 Å². The van der Waals surface area contributed by atoms with E-state index in [2.05, 4.69) is 32.9 Å². The van der Waals surface area contributed by atoms with E-state index < -0.39 is 0 Å². The van der Waals surface area contributed by atoms with Crippen LogP contribution in [0.3, 0.4) is 0 Å². The van der Waals surface area contributed by atoms with Gasteiger partial charge < -0.3 is 9.88 Å². The second-order valence-electron chi connectivity index (χ2n) is 3.76. The Morgan fingerprint density at radius 2 is 2.29 bits per heavy atom. The van der Waals surface area contributed by atoms with Crippen molar-refractivity contribution >= 4 is 39.9 Å². The molecule has 0 saturated heterocycles. The molecule has 0 fully saturated rings. The Kier molecular flexibility index (Phi) is 4.28. The van der Waals surface area contributed by atoms with E-state index in [4.69, 9.17) is 11.6 Å². The number of aromatic nitrogens is 2. The van der Waals surface area contributed by atoms with Gasteiger partial charge in [0.05, 0.1) is 10.7 Å². The van der Waals surface area contributed by atoms with Gasteiger partial charge in [-0.15, -0.1) is 0 Å². The van der Waals surface area contributed by atoms with E-state index in [-0.39, 0.29) is 0 Å². The van der Waals surface area contributed by atoms with E-state index >= 15 is 0 Å². The van der Waals surface area contributed by atoms with E-state index in [1.54, 1.807) is 0 Å². The van der Waals surface area contributed by atoms with Crippen molar-refractivity contribution in [3.8, 4) is 0 Å². The molecule has 0 unspecified atom stereocenters. The lowest BCUT2D eigenvalue weighted by atomic mass is 10.3. The SMILES string of the molecule is Cn1ccnc1CCNc1ccc(I)cc1Cl. The number of nitrogens with one attached hydrogen (secondary N) is 1. The molecule has 1 aromatic heterocycles. The summed E-state index contributed by atoms with van der Waals surface area (Å²) in [5.41, 5.74) is 0.973. The summed E-state index contributed by atoms with van der Waals surface area (Å²) in [5.74, 6) is 1.07. The number of hydrogen-bond acceptors (Lipinski definition) is 2. The van der Waals surface area contributed by atoms with E-state index in [0.717, 1.165) is 33.1 Å². The van der Waals surface area contributed by atoms with Crippen LogP contribution in [0.2, 0.25) is 5.02 Å². The molecule has 90 valence electrons.